The standard InChI is InChI=1S/2C13H15N2.Cu/c2*1-14-13(10-12-8-5-9-15-12)11-6-3-2-4-7-11;/h2*2-4,6-7,10H,5,8-9H2,1H3;/q2*-1;+2/b2*13-10-;. The second-order valence-corrected chi connectivity index (χ2v) is 7.19. The maximum absolute atomic E-state index is 4.43. The minimum Gasteiger partial charge on any atom is -0.686 e. The minimum absolute atomic E-state index is 0. The van der Waals surface area contributed by atoms with Gasteiger partial charge in [0.25, 0.3) is 0 Å². The Bertz CT molecular complexity index is 837. The number of allylic oxidation sites excluding steroid dienone is 2. The molecule has 2 aliphatic rings. The van der Waals surface area contributed by atoms with Gasteiger partial charge >= 0.3 is 17.1 Å². The van der Waals surface area contributed by atoms with Crippen LogP contribution in [0.4, 0.5) is 0 Å². The summed E-state index contributed by atoms with van der Waals surface area (Å²) < 4.78 is 0. The Kier molecular flexibility index (Phi) is 10.8. The third-order valence-electron chi connectivity index (χ3n) is 5.04. The average Bonchev–Trinajstić information content (AvgIpc) is 3.52. The molecular formula is C26H30CuN4. The molecule has 31 heavy (non-hydrogen) atoms. The van der Waals surface area contributed by atoms with Gasteiger partial charge < -0.3 is 10.6 Å². The molecule has 1 radical (unpaired) electrons. The van der Waals surface area contributed by atoms with Gasteiger partial charge in [-0.15, -0.1) is 25.5 Å². The molecule has 2 aromatic rings. The molecule has 2 heterocycles. The van der Waals surface area contributed by atoms with Crippen molar-refractivity contribution >= 4 is 22.8 Å². The Labute approximate surface area is 197 Å². The Morgan fingerprint density at radius 3 is 1.35 bits per heavy atom. The van der Waals surface area contributed by atoms with Gasteiger partial charge in [-0.25, -0.2) is 0 Å². The predicted octanol–water partition coefficient (Wildman–Crippen LogP) is 6.53. The third kappa shape index (κ3) is 7.86. The molecule has 4 rings (SSSR count). The molecule has 0 aliphatic carbocycles. The van der Waals surface area contributed by atoms with E-state index in [-0.39, 0.29) is 17.1 Å². The zero-order chi connectivity index (χ0) is 21.0. The second-order valence-electron chi connectivity index (χ2n) is 7.19. The summed E-state index contributed by atoms with van der Waals surface area (Å²) in [6.45, 7) is 1.94. The molecule has 2 aromatic carbocycles. The molecule has 0 amide bonds. The van der Waals surface area contributed by atoms with E-state index >= 15 is 0 Å². The first-order chi connectivity index (χ1) is 14.8. The topological polar surface area (TPSA) is 52.9 Å². The minimum atomic E-state index is 0. The van der Waals surface area contributed by atoms with Gasteiger partial charge in [-0.3, -0.25) is 9.98 Å². The monoisotopic (exact) mass is 461 g/mol. The van der Waals surface area contributed by atoms with E-state index in [0.717, 1.165) is 48.5 Å². The van der Waals surface area contributed by atoms with Crippen LogP contribution in [0.5, 0.6) is 0 Å². The molecule has 0 N–H and O–H groups in total. The summed E-state index contributed by atoms with van der Waals surface area (Å²) >= 11 is 0. The van der Waals surface area contributed by atoms with Gasteiger partial charge in [-0.1, -0.05) is 72.8 Å². The number of hydrogen-bond acceptors (Lipinski definition) is 2. The molecule has 0 saturated heterocycles. The molecule has 5 heteroatoms. The number of nitrogens with zero attached hydrogens (tertiary/aromatic N) is 4. The van der Waals surface area contributed by atoms with Crippen molar-refractivity contribution in [1.82, 2.24) is 0 Å². The fraction of sp³-hybridized carbons (Fsp3) is 0.308. The van der Waals surface area contributed by atoms with Crippen LogP contribution in [-0.4, -0.2) is 38.6 Å². The van der Waals surface area contributed by atoms with Gasteiger partial charge in [0, 0.05) is 24.5 Å². The van der Waals surface area contributed by atoms with E-state index in [1.807, 2.05) is 50.5 Å². The number of hydrogen-bond donors (Lipinski definition) is 0. The van der Waals surface area contributed by atoms with Crippen molar-refractivity contribution in [2.75, 3.05) is 27.2 Å². The molecule has 0 atom stereocenters. The molecule has 0 fully saturated rings. The molecular weight excluding hydrogens is 432 g/mol. The van der Waals surface area contributed by atoms with Gasteiger partial charge in [0.05, 0.1) is 0 Å². The maximum atomic E-state index is 4.43. The normalized spacial score (nSPS) is 15.8. The van der Waals surface area contributed by atoms with E-state index in [0.29, 0.717) is 0 Å². The summed E-state index contributed by atoms with van der Waals surface area (Å²) in [6.07, 6.45) is 8.73. The number of aliphatic imine (C=N–C) groups is 2. The maximum Gasteiger partial charge on any atom is 2.00 e. The molecule has 0 spiro atoms. The van der Waals surface area contributed by atoms with E-state index in [9.17, 15) is 0 Å². The van der Waals surface area contributed by atoms with E-state index in [1.165, 1.54) is 24.3 Å². The SMILES string of the molecule is C[N-]/C(=C\C1=NCCC1)c1ccccc1.C[N-]/C(=C\C1=NCCC1)c1ccccc1.[Cu+2]. The van der Waals surface area contributed by atoms with E-state index < -0.39 is 0 Å². The van der Waals surface area contributed by atoms with Crippen molar-refractivity contribution in [3.8, 4) is 0 Å². The van der Waals surface area contributed by atoms with Gasteiger partial charge in [-0.2, -0.15) is 0 Å². The van der Waals surface area contributed by atoms with Crippen molar-refractivity contribution in [3.05, 3.63) is 94.6 Å². The fourth-order valence-corrected chi connectivity index (χ4v) is 3.45. The quantitative estimate of drug-likeness (QED) is 0.439. The molecule has 0 bridgehead atoms. The molecule has 0 unspecified atom stereocenters. The summed E-state index contributed by atoms with van der Waals surface area (Å²) in [7, 11) is 3.66. The Balaban J connectivity index is 0.000000213. The van der Waals surface area contributed by atoms with Crippen molar-refractivity contribution in [2.24, 2.45) is 9.98 Å². The van der Waals surface area contributed by atoms with Gasteiger partial charge in [-0.05, 0) is 36.8 Å². The van der Waals surface area contributed by atoms with Crippen LogP contribution in [0.15, 0.2) is 82.8 Å². The predicted molar refractivity (Wildman–Crippen MR) is 130 cm³/mol. The van der Waals surface area contributed by atoms with Crippen LogP contribution in [0.1, 0.15) is 36.8 Å². The first kappa shape index (κ1) is 24.6. The Hall–Kier alpha value is -2.62. The largest absolute Gasteiger partial charge is 2.00 e. The van der Waals surface area contributed by atoms with Crippen molar-refractivity contribution in [2.45, 2.75) is 25.7 Å². The van der Waals surface area contributed by atoms with Crippen molar-refractivity contribution < 1.29 is 17.1 Å². The van der Waals surface area contributed by atoms with Crippen LogP contribution < -0.4 is 0 Å². The van der Waals surface area contributed by atoms with Crippen molar-refractivity contribution in [3.63, 3.8) is 0 Å². The summed E-state index contributed by atoms with van der Waals surface area (Å²) in [5.74, 6) is 0. The number of rotatable bonds is 6. The Morgan fingerprint density at radius 2 is 1.06 bits per heavy atom. The fourth-order valence-electron chi connectivity index (χ4n) is 3.45. The molecule has 0 aromatic heterocycles. The van der Waals surface area contributed by atoms with E-state index in [4.69, 9.17) is 0 Å². The zero-order valence-electron chi connectivity index (χ0n) is 18.3. The van der Waals surface area contributed by atoms with Crippen LogP contribution in [0, 0.1) is 0 Å². The Morgan fingerprint density at radius 1 is 0.677 bits per heavy atom. The zero-order valence-corrected chi connectivity index (χ0v) is 19.2. The molecule has 2 aliphatic heterocycles. The summed E-state index contributed by atoms with van der Waals surface area (Å²) in [4.78, 5) is 8.86. The summed E-state index contributed by atoms with van der Waals surface area (Å²) in [6, 6.07) is 20.5. The second kappa shape index (κ2) is 13.6. The molecule has 0 saturated carbocycles. The summed E-state index contributed by atoms with van der Waals surface area (Å²) in [5, 5.41) is 8.60. The van der Waals surface area contributed by atoms with Gasteiger partial charge in [0.2, 0.25) is 0 Å². The smallest absolute Gasteiger partial charge is 0.686 e. The average molecular weight is 462 g/mol. The van der Waals surface area contributed by atoms with Crippen LogP contribution in [-0.2, 0) is 17.1 Å². The molecule has 165 valence electrons. The number of benzene rings is 2. The third-order valence-corrected chi connectivity index (χ3v) is 5.04. The van der Waals surface area contributed by atoms with E-state index in [2.05, 4.69) is 57.0 Å². The van der Waals surface area contributed by atoms with Crippen LogP contribution in [0.3, 0.4) is 0 Å². The van der Waals surface area contributed by atoms with Gasteiger partial charge in [0.15, 0.2) is 0 Å². The van der Waals surface area contributed by atoms with Crippen LogP contribution >= 0.6 is 0 Å². The van der Waals surface area contributed by atoms with Crippen molar-refractivity contribution in [1.29, 1.82) is 0 Å². The first-order valence-corrected chi connectivity index (χ1v) is 10.6. The summed E-state index contributed by atoms with van der Waals surface area (Å²) in [5.41, 5.74) is 6.73. The van der Waals surface area contributed by atoms with Crippen LogP contribution in [0.25, 0.3) is 22.0 Å². The van der Waals surface area contributed by atoms with E-state index in [1.54, 1.807) is 0 Å². The first-order valence-electron chi connectivity index (χ1n) is 10.6. The molecule has 4 nitrogen and oxygen atoms in total. The van der Waals surface area contributed by atoms with Crippen LogP contribution in [0.2, 0.25) is 0 Å². The van der Waals surface area contributed by atoms with Gasteiger partial charge in [0.1, 0.15) is 0 Å².